The van der Waals surface area contributed by atoms with E-state index in [2.05, 4.69) is 15.0 Å². The monoisotopic (exact) mass is 351 g/mol. The van der Waals surface area contributed by atoms with Gasteiger partial charge in [0.15, 0.2) is 11.6 Å². The van der Waals surface area contributed by atoms with Crippen molar-refractivity contribution in [2.45, 2.75) is 18.8 Å². The first kappa shape index (κ1) is 16.5. The zero-order valence-electron chi connectivity index (χ0n) is 14.6. The van der Waals surface area contributed by atoms with Gasteiger partial charge in [0.05, 0.1) is 18.5 Å². The van der Waals surface area contributed by atoms with Crippen LogP contribution in [0.15, 0.2) is 36.8 Å². The highest BCUT2D eigenvalue weighted by Crippen LogP contribution is 2.35. The molecule has 0 radical (unpaired) electrons. The number of aromatic nitrogens is 4. The lowest BCUT2D eigenvalue weighted by Gasteiger charge is -2.19. The van der Waals surface area contributed by atoms with Gasteiger partial charge in [-0.25, -0.2) is 9.97 Å². The third-order valence-corrected chi connectivity index (χ3v) is 4.67. The highest BCUT2D eigenvalue weighted by molar-refractivity contribution is 5.79. The molecular formula is C19H21N5O2. The second kappa shape index (κ2) is 7.13. The molecule has 7 nitrogen and oxygen atoms in total. The molecule has 1 saturated heterocycles. The summed E-state index contributed by atoms with van der Waals surface area (Å²) >= 11 is 0. The Kier molecular flexibility index (Phi) is 4.53. The number of hydrogen-bond donors (Lipinski definition) is 2. The van der Waals surface area contributed by atoms with Crippen LogP contribution < -0.4 is 10.5 Å². The Morgan fingerprint density at radius 3 is 2.69 bits per heavy atom. The molecule has 7 heteroatoms. The summed E-state index contributed by atoms with van der Waals surface area (Å²) in [5.74, 6) is 2.24. The number of imidazole rings is 1. The number of anilines is 1. The predicted octanol–water partition coefficient (Wildman–Crippen LogP) is 3.02. The molecular weight excluding hydrogens is 330 g/mol. The number of H-pyrrole nitrogens is 1. The topological polar surface area (TPSA) is 98.9 Å². The number of pyridine rings is 2. The van der Waals surface area contributed by atoms with E-state index in [1.54, 1.807) is 25.7 Å². The number of ether oxygens (including phenoxy) is 2. The van der Waals surface area contributed by atoms with Gasteiger partial charge >= 0.3 is 0 Å². The summed E-state index contributed by atoms with van der Waals surface area (Å²) < 4.78 is 10.8. The van der Waals surface area contributed by atoms with Crippen LogP contribution in [-0.4, -0.2) is 40.3 Å². The van der Waals surface area contributed by atoms with Crippen molar-refractivity contribution in [1.29, 1.82) is 0 Å². The molecule has 3 N–H and O–H groups in total. The van der Waals surface area contributed by atoms with Gasteiger partial charge in [-0.1, -0.05) is 0 Å². The minimum absolute atomic E-state index is 0.363. The second-order valence-electron chi connectivity index (χ2n) is 6.28. The van der Waals surface area contributed by atoms with E-state index in [-0.39, 0.29) is 0 Å². The Hall–Kier alpha value is -2.93. The van der Waals surface area contributed by atoms with Crippen molar-refractivity contribution >= 4 is 5.82 Å². The number of rotatable bonds is 4. The number of nitrogen functional groups attached to an aromatic ring is 1. The van der Waals surface area contributed by atoms with Gasteiger partial charge in [0.2, 0.25) is 0 Å². The number of nitrogens with zero attached hydrogens (tertiary/aromatic N) is 3. The van der Waals surface area contributed by atoms with Crippen LogP contribution in [0.5, 0.6) is 5.75 Å². The van der Waals surface area contributed by atoms with Gasteiger partial charge in [-0.2, -0.15) is 0 Å². The fourth-order valence-electron chi connectivity index (χ4n) is 3.24. The van der Waals surface area contributed by atoms with E-state index in [1.807, 2.05) is 18.2 Å². The molecule has 3 aromatic heterocycles. The van der Waals surface area contributed by atoms with E-state index in [9.17, 15) is 0 Å². The highest BCUT2D eigenvalue weighted by Gasteiger charge is 2.23. The number of hydrogen-bond acceptors (Lipinski definition) is 6. The molecule has 1 aliphatic rings. The van der Waals surface area contributed by atoms with Crippen LogP contribution in [0.25, 0.3) is 22.5 Å². The highest BCUT2D eigenvalue weighted by atomic mass is 16.5. The van der Waals surface area contributed by atoms with E-state index < -0.39 is 0 Å². The maximum atomic E-state index is 5.86. The summed E-state index contributed by atoms with van der Waals surface area (Å²) in [7, 11) is 1.58. The van der Waals surface area contributed by atoms with Gasteiger partial charge in [0, 0.05) is 48.8 Å². The molecule has 0 unspecified atom stereocenters. The molecule has 134 valence electrons. The average Bonchev–Trinajstić information content (AvgIpc) is 3.15. The van der Waals surface area contributed by atoms with E-state index >= 15 is 0 Å². The van der Waals surface area contributed by atoms with E-state index in [4.69, 9.17) is 20.2 Å². The molecule has 0 atom stereocenters. The van der Waals surface area contributed by atoms with Crippen LogP contribution in [0.3, 0.4) is 0 Å². The Morgan fingerprint density at radius 1 is 1.19 bits per heavy atom. The number of nitrogens with one attached hydrogen (secondary N) is 1. The third-order valence-electron chi connectivity index (χ3n) is 4.67. The number of methoxy groups -OCH3 is 1. The molecule has 3 aromatic rings. The van der Waals surface area contributed by atoms with Crippen LogP contribution in [0, 0.1) is 0 Å². The number of nitrogens with two attached hydrogens (primary N) is 1. The molecule has 0 aromatic carbocycles. The first-order valence-electron chi connectivity index (χ1n) is 8.64. The van der Waals surface area contributed by atoms with Gasteiger partial charge in [0.25, 0.3) is 0 Å². The van der Waals surface area contributed by atoms with E-state index in [0.29, 0.717) is 17.5 Å². The second-order valence-corrected chi connectivity index (χ2v) is 6.28. The first-order chi connectivity index (χ1) is 12.8. The standard InChI is InChI=1S/C19H21N5O2/c1-25-15-10-14(11-22-18(15)20)17-16(12-2-6-21-7-3-12)23-19(24-17)13-4-8-26-9-5-13/h2-3,6-7,10-11,13H,4-5,8-9H2,1H3,(H2,20,22)(H,23,24). The minimum atomic E-state index is 0.363. The SMILES string of the molecule is COc1cc(-c2nc(C3CCOCC3)[nH]c2-c2ccncc2)cnc1N. The summed E-state index contributed by atoms with van der Waals surface area (Å²) in [5, 5.41) is 0. The summed E-state index contributed by atoms with van der Waals surface area (Å²) in [6.45, 7) is 1.53. The van der Waals surface area contributed by atoms with Crippen LogP contribution in [0.2, 0.25) is 0 Å². The van der Waals surface area contributed by atoms with Crippen molar-refractivity contribution in [1.82, 2.24) is 19.9 Å². The molecule has 0 bridgehead atoms. The lowest BCUT2D eigenvalue weighted by Crippen LogP contribution is -2.15. The van der Waals surface area contributed by atoms with Crippen molar-refractivity contribution < 1.29 is 9.47 Å². The smallest absolute Gasteiger partial charge is 0.166 e. The number of aromatic amines is 1. The molecule has 0 aliphatic carbocycles. The first-order valence-corrected chi connectivity index (χ1v) is 8.64. The Morgan fingerprint density at radius 2 is 1.96 bits per heavy atom. The van der Waals surface area contributed by atoms with Crippen molar-refractivity contribution in [2.75, 3.05) is 26.1 Å². The summed E-state index contributed by atoms with van der Waals surface area (Å²) in [6.07, 6.45) is 7.20. The minimum Gasteiger partial charge on any atom is -0.493 e. The van der Waals surface area contributed by atoms with Gasteiger partial charge in [-0.3, -0.25) is 4.98 Å². The maximum absolute atomic E-state index is 5.86. The fourth-order valence-corrected chi connectivity index (χ4v) is 3.24. The van der Waals surface area contributed by atoms with Gasteiger partial charge < -0.3 is 20.2 Å². The van der Waals surface area contributed by atoms with Crippen LogP contribution in [0.4, 0.5) is 5.82 Å². The summed E-state index contributed by atoms with van der Waals surface area (Å²) in [5.41, 5.74) is 9.53. The van der Waals surface area contributed by atoms with Gasteiger partial charge in [-0.15, -0.1) is 0 Å². The van der Waals surface area contributed by atoms with E-state index in [1.165, 1.54) is 0 Å². The van der Waals surface area contributed by atoms with E-state index in [0.717, 1.165) is 54.4 Å². The molecule has 4 heterocycles. The normalized spacial score (nSPS) is 15.1. The van der Waals surface area contributed by atoms with Crippen LogP contribution in [0.1, 0.15) is 24.6 Å². The lowest BCUT2D eigenvalue weighted by molar-refractivity contribution is 0.0838. The van der Waals surface area contributed by atoms with Crippen LogP contribution in [-0.2, 0) is 4.74 Å². The fraction of sp³-hybridized carbons (Fsp3) is 0.316. The Labute approximate surface area is 151 Å². The Bertz CT molecular complexity index is 888. The molecule has 0 spiro atoms. The van der Waals surface area contributed by atoms with Crippen molar-refractivity contribution in [3.8, 4) is 28.3 Å². The summed E-state index contributed by atoms with van der Waals surface area (Å²) in [6, 6.07) is 5.80. The van der Waals surface area contributed by atoms with Crippen molar-refractivity contribution in [3.05, 3.63) is 42.6 Å². The predicted molar refractivity (Wildman–Crippen MR) is 98.8 cm³/mol. The van der Waals surface area contributed by atoms with Crippen molar-refractivity contribution in [3.63, 3.8) is 0 Å². The van der Waals surface area contributed by atoms with Gasteiger partial charge in [-0.05, 0) is 31.0 Å². The van der Waals surface area contributed by atoms with Crippen LogP contribution >= 0.6 is 0 Å². The largest absolute Gasteiger partial charge is 0.493 e. The lowest BCUT2D eigenvalue weighted by atomic mass is 10.00. The molecule has 0 amide bonds. The Balaban J connectivity index is 1.82. The molecule has 1 fully saturated rings. The quantitative estimate of drug-likeness (QED) is 0.749. The summed E-state index contributed by atoms with van der Waals surface area (Å²) in [4.78, 5) is 16.8. The van der Waals surface area contributed by atoms with Gasteiger partial charge in [0.1, 0.15) is 5.82 Å². The molecule has 0 saturated carbocycles. The zero-order valence-corrected chi connectivity index (χ0v) is 14.6. The third kappa shape index (κ3) is 3.13. The molecule has 4 rings (SSSR count). The molecule has 1 aliphatic heterocycles. The molecule has 26 heavy (non-hydrogen) atoms. The average molecular weight is 351 g/mol. The van der Waals surface area contributed by atoms with Crippen molar-refractivity contribution in [2.24, 2.45) is 0 Å². The maximum Gasteiger partial charge on any atom is 0.166 e. The zero-order chi connectivity index (χ0) is 17.9.